The molecule has 0 radical (unpaired) electrons. The van der Waals surface area contributed by atoms with Crippen molar-refractivity contribution in [1.29, 1.82) is 0 Å². The molecule has 3 N–H and O–H groups in total. The van der Waals surface area contributed by atoms with Gasteiger partial charge in [0.25, 0.3) is 5.91 Å². The summed E-state index contributed by atoms with van der Waals surface area (Å²) in [6.45, 7) is 1.92. The van der Waals surface area contributed by atoms with Crippen LogP contribution in [0.4, 0.5) is 0 Å². The first kappa shape index (κ1) is 24.5. The van der Waals surface area contributed by atoms with Gasteiger partial charge in [-0.1, -0.05) is 60.2 Å². The maximum Gasteiger partial charge on any atom is 0.328 e. The zero-order chi connectivity index (χ0) is 24.5. The summed E-state index contributed by atoms with van der Waals surface area (Å²) in [5.74, 6) is -1.39. The predicted octanol–water partition coefficient (Wildman–Crippen LogP) is 2.94. The lowest BCUT2D eigenvalue weighted by Gasteiger charge is -2.23. The number of carbonyl (C=O) groups is 3. The third kappa shape index (κ3) is 6.93. The van der Waals surface area contributed by atoms with Gasteiger partial charge in [-0.25, -0.2) is 4.79 Å². The fourth-order valence-electron chi connectivity index (χ4n) is 3.48. The van der Waals surface area contributed by atoms with Gasteiger partial charge in [-0.05, 0) is 42.3 Å². The Bertz CT molecular complexity index is 1110. The van der Waals surface area contributed by atoms with Crippen molar-refractivity contribution < 1.29 is 24.2 Å². The Balaban J connectivity index is 1.79. The van der Waals surface area contributed by atoms with Crippen molar-refractivity contribution in [3.8, 4) is 5.75 Å². The molecule has 176 valence electrons. The third-order valence-electron chi connectivity index (χ3n) is 5.40. The van der Waals surface area contributed by atoms with Gasteiger partial charge in [-0.15, -0.1) is 0 Å². The number of hydrogen-bond donors (Lipinski definition) is 3. The van der Waals surface area contributed by atoms with Crippen molar-refractivity contribution >= 4 is 17.8 Å². The Hall–Kier alpha value is -4.13. The van der Waals surface area contributed by atoms with Gasteiger partial charge in [-0.2, -0.15) is 0 Å². The first-order valence-electron chi connectivity index (χ1n) is 10.9. The van der Waals surface area contributed by atoms with E-state index in [0.29, 0.717) is 5.56 Å². The topological polar surface area (TPSA) is 105 Å². The quantitative estimate of drug-likeness (QED) is 0.426. The Labute approximate surface area is 198 Å². The van der Waals surface area contributed by atoms with E-state index in [-0.39, 0.29) is 24.5 Å². The fraction of sp³-hybridized carbons (Fsp3) is 0.222. The highest BCUT2D eigenvalue weighted by Gasteiger charge is 2.28. The van der Waals surface area contributed by atoms with Gasteiger partial charge in [0.2, 0.25) is 5.91 Å². The molecule has 0 unspecified atom stereocenters. The fourth-order valence-corrected chi connectivity index (χ4v) is 3.48. The van der Waals surface area contributed by atoms with E-state index >= 15 is 0 Å². The van der Waals surface area contributed by atoms with Crippen molar-refractivity contribution in [2.45, 2.75) is 31.8 Å². The average molecular weight is 461 g/mol. The van der Waals surface area contributed by atoms with Crippen LogP contribution >= 0.6 is 0 Å². The van der Waals surface area contributed by atoms with Gasteiger partial charge in [0.1, 0.15) is 17.8 Å². The molecule has 2 amide bonds. The summed E-state index contributed by atoms with van der Waals surface area (Å²) in [6, 6.07) is 20.8. The lowest BCUT2D eigenvalue weighted by atomic mass is 10.0. The van der Waals surface area contributed by atoms with Gasteiger partial charge in [0, 0.05) is 18.4 Å². The highest BCUT2D eigenvalue weighted by atomic mass is 16.5. The second-order valence-corrected chi connectivity index (χ2v) is 8.04. The second-order valence-electron chi connectivity index (χ2n) is 8.04. The molecule has 0 aromatic heterocycles. The van der Waals surface area contributed by atoms with Crippen molar-refractivity contribution in [2.24, 2.45) is 0 Å². The maximum absolute atomic E-state index is 13.3. The summed E-state index contributed by atoms with van der Waals surface area (Å²) in [6.07, 6.45) is 0.417. The number of phenols is 1. The summed E-state index contributed by atoms with van der Waals surface area (Å²) in [4.78, 5) is 38.5. The van der Waals surface area contributed by atoms with E-state index < -0.39 is 24.0 Å². The Morgan fingerprint density at radius 1 is 0.794 bits per heavy atom. The number of aromatic hydroxyl groups is 1. The van der Waals surface area contributed by atoms with E-state index in [9.17, 15) is 19.5 Å². The monoisotopic (exact) mass is 460 g/mol. The minimum atomic E-state index is -0.961. The van der Waals surface area contributed by atoms with Gasteiger partial charge in [0.05, 0.1) is 7.11 Å². The average Bonchev–Trinajstić information content (AvgIpc) is 2.85. The number of hydrogen-bond acceptors (Lipinski definition) is 5. The van der Waals surface area contributed by atoms with Crippen LogP contribution in [-0.2, 0) is 27.2 Å². The van der Waals surface area contributed by atoms with Crippen molar-refractivity contribution in [1.82, 2.24) is 10.6 Å². The summed E-state index contributed by atoms with van der Waals surface area (Å²) >= 11 is 0. The molecule has 3 aromatic carbocycles. The molecule has 0 heterocycles. The molecule has 3 rings (SSSR count). The molecular formula is C27H28N2O5. The van der Waals surface area contributed by atoms with Gasteiger partial charge in [-0.3, -0.25) is 9.59 Å². The smallest absolute Gasteiger partial charge is 0.328 e. The predicted molar refractivity (Wildman–Crippen MR) is 128 cm³/mol. The van der Waals surface area contributed by atoms with Crippen LogP contribution in [0.2, 0.25) is 0 Å². The molecule has 2 atom stereocenters. The lowest BCUT2D eigenvalue weighted by molar-refractivity contribution is -0.145. The van der Waals surface area contributed by atoms with Crippen molar-refractivity contribution in [3.63, 3.8) is 0 Å². The molecule has 7 nitrogen and oxygen atoms in total. The Morgan fingerprint density at radius 2 is 1.38 bits per heavy atom. The number of ether oxygens (including phenoxy) is 1. The highest BCUT2D eigenvalue weighted by Crippen LogP contribution is 2.13. The Kier molecular flexibility index (Phi) is 8.40. The van der Waals surface area contributed by atoms with Crippen molar-refractivity contribution in [2.75, 3.05) is 7.11 Å². The van der Waals surface area contributed by atoms with Crippen LogP contribution < -0.4 is 10.6 Å². The zero-order valence-electron chi connectivity index (χ0n) is 19.2. The molecule has 0 spiro atoms. The van der Waals surface area contributed by atoms with E-state index in [4.69, 9.17) is 4.74 Å². The number of esters is 1. The minimum absolute atomic E-state index is 0.101. The molecular weight excluding hydrogens is 432 g/mol. The van der Waals surface area contributed by atoms with Crippen LogP contribution in [0.15, 0.2) is 78.9 Å². The molecule has 0 aliphatic heterocycles. The third-order valence-corrected chi connectivity index (χ3v) is 5.40. The van der Waals surface area contributed by atoms with E-state index in [2.05, 4.69) is 10.6 Å². The van der Waals surface area contributed by atoms with Crippen LogP contribution in [-0.4, -0.2) is 42.1 Å². The summed E-state index contributed by atoms with van der Waals surface area (Å²) < 4.78 is 4.88. The van der Waals surface area contributed by atoms with E-state index in [1.54, 1.807) is 24.3 Å². The number of methoxy groups -OCH3 is 1. The van der Waals surface area contributed by atoms with E-state index in [1.165, 1.54) is 19.2 Å². The zero-order valence-corrected chi connectivity index (χ0v) is 19.2. The number of benzene rings is 3. The summed E-state index contributed by atoms with van der Waals surface area (Å²) in [7, 11) is 1.25. The van der Waals surface area contributed by atoms with E-state index in [0.717, 1.165) is 16.7 Å². The highest BCUT2D eigenvalue weighted by molar-refractivity contribution is 5.98. The van der Waals surface area contributed by atoms with Gasteiger partial charge >= 0.3 is 5.97 Å². The number of rotatable bonds is 9. The summed E-state index contributed by atoms with van der Waals surface area (Å²) in [5.41, 5.74) is 3.05. The molecule has 0 saturated carbocycles. The number of aryl methyl sites for hydroxylation is 1. The standard InChI is InChI=1S/C27H28N2O5/c1-18-8-12-21(13-9-18)25(31)28-23(16-19-6-4-3-5-7-19)26(32)29-24(27(33)34-2)17-20-10-14-22(30)15-11-20/h3-15,23-24,30H,16-17H2,1-2H3,(H,28,31)(H,29,32)/t23-,24-/m0/s1. The SMILES string of the molecule is COC(=O)[C@H](Cc1ccc(O)cc1)NC(=O)[C@H](Cc1ccccc1)NC(=O)c1ccc(C)cc1. The number of nitrogens with one attached hydrogen (secondary N) is 2. The van der Waals surface area contributed by atoms with Crippen LogP contribution in [0.1, 0.15) is 27.0 Å². The molecule has 0 aliphatic rings. The molecule has 3 aromatic rings. The van der Waals surface area contributed by atoms with Crippen LogP contribution in [0.25, 0.3) is 0 Å². The Morgan fingerprint density at radius 3 is 2.00 bits per heavy atom. The molecule has 34 heavy (non-hydrogen) atoms. The van der Waals surface area contributed by atoms with E-state index in [1.807, 2.05) is 49.4 Å². The number of amides is 2. The molecule has 0 bridgehead atoms. The van der Waals surface area contributed by atoms with Gasteiger partial charge in [0.15, 0.2) is 0 Å². The summed E-state index contributed by atoms with van der Waals surface area (Å²) in [5, 5.41) is 15.0. The number of carbonyl (C=O) groups excluding carboxylic acids is 3. The second kappa shape index (κ2) is 11.7. The van der Waals surface area contributed by atoms with Crippen LogP contribution in [0.3, 0.4) is 0 Å². The molecule has 7 heteroatoms. The first-order valence-corrected chi connectivity index (χ1v) is 10.9. The van der Waals surface area contributed by atoms with Gasteiger partial charge < -0.3 is 20.5 Å². The molecule has 0 saturated heterocycles. The lowest BCUT2D eigenvalue weighted by Crippen LogP contribution is -2.53. The largest absolute Gasteiger partial charge is 0.508 e. The normalized spacial score (nSPS) is 12.3. The molecule has 0 aliphatic carbocycles. The number of phenolic OH excluding ortho intramolecular Hbond substituents is 1. The molecule has 0 fully saturated rings. The maximum atomic E-state index is 13.3. The van der Waals surface area contributed by atoms with Crippen molar-refractivity contribution in [3.05, 3.63) is 101 Å². The minimum Gasteiger partial charge on any atom is -0.508 e. The van der Waals surface area contributed by atoms with Crippen LogP contribution in [0, 0.1) is 6.92 Å². The van der Waals surface area contributed by atoms with Crippen LogP contribution in [0.5, 0.6) is 5.75 Å². The first-order chi connectivity index (χ1) is 16.4.